The molecule has 1 aliphatic rings. The zero-order valence-corrected chi connectivity index (χ0v) is 23.2. The van der Waals surface area contributed by atoms with Crippen LogP contribution < -0.4 is 10.8 Å². The molecule has 3 amide bonds. The van der Waals surface area contributed by atoms with Gasteiger partial charge in [0.05, 0.1) is 17.9 Å². The second kappa shape index (κ2) is 14.7. The van der Waals surface area contributed by atoms with Gasteiger partial charge < -0.3 is 15.3 Å². The van der Waals surface area contributed by atoms with E-state index in [4.69, 9.17) is 4.84 Å². The average molecular weight is 580 g/mol. The second-order valence-corrected chi connectivity index (χ2v) is 10.4. The summed E-state index contributed by atoms with van der Waals surface area (Å²) in [6, 6.07) is 21.8. The number of benzene rings is 3. The molecule has 222 valence electrons. The molecule has 3 aromatic carbocycles. The van der Waals surface area contributed by atoms with Gasteiger partial charge in [-0.15, -0.1) is 0 Å². The Balaban J connectivity index is 1.48. The van der Waals surface area contributed by atoms with Crippen LogP contribution in [0.4, 0.5) is 8.78 Å². The van der Waals surface area contributed by atoms with Gasteiger partial charge in [0, 0.05) is 31.8 Å². The third-order valence-electron chi connectivity index (χ3n) is 7.75. The van der Waals surface area contributed by atoms with Gasteiger partial charge >= 0.3 is 0 Å². The van der Waals surface area contributed by atoms with E-state index >= 15 is 0 Å². The molecule has 1 saturated heterocycles. The van der Waals surface area contributed by atoms with Crippen LogP contribution in [0.5, 0.6) is 0 Å². The lowest BCUT2D eigenvalue weighted by atomic mass is 9.69. The Labute approximate surface area is 243 Å². The van der Waals surface area contributed by atoms with Crippen LogP contribution in [0.2, 0.25) is 0 Å². The number of hydroxylamine groups is 1. The van der Waals surface area contributed by atoms with E-state index in [-0.39, 0.29) is 44.1 Å². The molecule has 4 rings (SSSR count). The van der Waals surface area contributed by atoms with Crippen molar-refractivity contribution >= 4 is 17.7 Å². The van der Waals surface area contributed by atoms with Crippen LogP contribution in [-0.2, 0) is 27.5 Å². The fourth-order valence-corrected chi connectivity index (χ4v) is 5.47. The number of amides is 3. The number of carbonyl (C=O) groups excluding carboxylic acids is 3. The molecule has 0 bridgehead atoms. The molecule has 10 heteroatoms. The van der Waals surface area contributed by atoms with Gasteiger partial charge in [-0.05, 0) is 55.0 Å². The molecule has 1 fully saturated rings. The number of aliphatic hydroxyl groups excluding tert-OH is 1. The van der Waals surface area contributed by atoms with E-state index in [0.717, 1.165) is 29.3 Å². The van der Waals surface area contributed by atoms with Gasteiger partial charge in [-0.2, -0.15) is 0 Å². The molecule has 0 saturated carbocycles. The monoisotopic (exact) mass is 579 g/mol. The summed E-state index contributed by atoms with van der Waals surface area (Å²) in [5, 5.41) is 12.6. The third-order valence-corrected chi connectivity index (χ3v) is 7.75. The molecule has 42 heavy (non-hydrogen) atoms. The number of likely N-dealkylation sites (tertiary alicyclic amines) is 1. The highest BCUT2D eigenvalue weighted by Gasteiger charge is 2.53. The molecule has 3 aromatic rings. The summed E-state index contributed by atoms with van der Waals surface area (Å²) in [6.45, 7) is 0.646. The minimum absolute atomic E-state index is 0.0287. The van der Waals surface area contributed by atoms with E-state index in [1.807, 2.05) is 60.7 Å². The molecule has 1 heterocycles. The zero-order valence-electron chi connectivity index (χ0n) is 23.2. The molecule has 2 unspecified atom stereocenters. The largest absolute Gasteiger partial charge is 0.396 e. The van der Waals surface area contributed by atoms with E-state index in [9.17, 15) is 28.3 Å². The summed E-state index contributed by atoms with van der Waals surface area (Å²) in [6.07, 6.45) is 1.09. The van der Waals surface area contributed by atoms with Crippen molar-refractivity contribution in [2.75, 3.05) is 26.2 Å². The maximum absolute atomic E-state index is 13.9. The average Bonchev–Trinajstić information content (AvgIpc) is 3.31. The van der Waals surface area contributed by atoms with Gasteiger partial charge in [-0.1, -0.05) is 60.7 Å². The lowest BCUT2D eigenvalue weighted by molar-refractivity contribution is -0.152. The van der Waals surface area contributed by atoms with Crippen LogP contribution in [-0.4, -0.2) is 54.0 Å². The Morgan fingerprint density at radius 2 is 1.67 bits per heavy atom. The zero-order chi connectivity index (χ0) is 30.0. The van der Waals surface area contributed by atoms with Gasteiger partial charge in [0.1, 0.15) is 0 Å². The van der Waals surface area contributed by atoms with Crippen LogP contribution in [0, 0.1) is 23.0 Å². The topological polar surface area (TPSA) is 108 Å². The van der Waals surface area contributed by atoms with Crippen LogP contribution in [0.1, 0.15) is 40.7 Å². The Bertz CT molecular complexity index is 1360. The number of carbonyl (C=O) groups is 3. The van der Waals surface area contributed by atoms with Gasteiger partial charge in [-0.25, -0.2) is 14.3 Å². The highest BCUT2D eigenvalue weighted by Crippen LogP contribution is 2.44. The first-order chi connectivity index (χ1) is 20.3. The van der Waals surface area contributed by atoms with Crippen LogP contribution in [0.25, 0.3) is 0 Å². The van der Waals surface area contributed by atoms with E-state index in [2.05, 4.69) is 10.8 Å². The standard InChI is InChI=1S/C32H35F2N3O5/c33-27-12-11-25(21-28(27)34)29(39)35-17-13-26(30(40)36-42-22-24-9-5-2-6-10-24)32(16-20-38)15-19-37(31(32)41)18-14-23-7-3-1-4-8-23/h1-12,21,26,38H,13-20,22H2,(H,35,39)(H,36,40). The number of halogens is 2. The first-order valence-electron chi connectivity index (χ1n) is 14.0. The minimum atomic E-state index is -1.21. The van der Waals surface area contributed by atoms with Crippen molar-refractivity contribution in [2.24, 2.45) is 11.3 Å². The molecular weight excluding hydrogens is 544 g/mol. The summed E-state index contributed by atoms with van der Waals surface area (Å²) in [5.41, 5.74) is 3.10. The van der Waals surface area contributed by atoms with Gasteiger partial charge in [0.15, 0.2) is 11.6 Å². The number of rotatable bonds is 14. The smallest absolute Gasteiger partial charge is 0.251 e. The fourth-order valence-electron chi connectivity index (χ4n) is 5.47. The Morgan fingerprint density at radius 1 is 0.976 bits per heavy atom. The number of hydrogen-bond donors (Lipinski definition) is 3. The van der Waals surface area contributed by atoms with Crippen LogP contribution in [0.15, 0.2) is 78.9 Å². The molecule has 0 radical (unpaired) electrons. The van der Waals surface area contributed by atoms with E-state index in [0.29, 0.717) is 25.9 Å². The number of hydrogen-bond acceptors (Lipinski definition) is 5. The lowest BCUT2D eigenvalue weighted by Gasteiger charge is -2.35. The summed E-state index contributed by atoms with van der Waals surface area (Å²) in [5.74, 6) is -4.58. The molecule has 8 nitrogen and oxygen atoms in total. The normalized spacial score (nSPS) is 17.2. The predicted octanol–water partition coefficient (Wildman–Crippen LogP) is 3.79. The Hall–Kier alpha value is -4.15. The summed E-state index contributed by atoms with van der Waals surface area (Å²) < 4.78 is 26.9. The van der Waals surface area contributed by atoms with E-state index < -0.39 is 34.8 Å². The lowest BCUT2D eigenvalue weighted by Crippen LogP contribution is -2.48. The molecule has 3 N–H and O–H groups in total. The quantitative estimate of drug-likeness (QED) is 0.252. The molecular formula is C32H35F2N3O5. The van der Waals surface area contributed by atoms with Crippen molar-refractivity contribution in [3.63, 3.8) is 0 Å². The second-order valence-electron chi connectivity index (χ2n) is 10.4. The van der Waals surface area contributed by atoms with Gasteiger partial charge in [-0.3, -0.25) is 19.2 Å². The SMILES string of the molecule is O=C(NCCC(C(=O)NOCc1ccccc1)C1(CCO)CCN(CCc2ccccc2)C1=O)c1ccc(F)c(F)c1. The van der Waals surface area contributed by atoms with E-state index in [1.165, 1.54) is 0 Å². The summed E-state index contributed by atoms with van der Waals surface area (Å²) >= 11 is 0. The highest BCUT2D eigenvalue weighted by molar-refractivity contribution is 5.94. The molecule has 0 aromatic heterocycles. The molecule has 2 atom stereocenters. The maximum atomic E-state index is 13.9. The summed E-state index contributed by atoms with van der Waals surface area (Å²) in [7, 11) is 0. The first-order valence-corrected chi connectivity index (χ1v) is 14.0. The van der Waals surface area contributed by atoms with Crippen molar-refractivity contribution in [3.05, 3.63) is 107 Å². The fraction of sp³-hybridized carbons (Fsp3) is 0.344. The Kier molecular flexibility index (Phi) is 10.7. The van der Waals surface area contributed by atoms with Crippen LogP contribution >= 0.6 is 0 Å². The molecule has 0 spiro atoms. The van der Waals surface area contributed by atoms with Crippen molar-refractivity contribution in [3.8, 4) is 0 Å². The number of nitrogens with zero attached hydrogens (tertiary/aromatic N) is 1. The predicted molar refractivity (Wildman–Crippen MR) is 152 cm³/mol. The summed E-state index contributed by atoms with van der Waals surface area (Å²) in [4.78, 5) is 47.3. The molecule has 0 aliphatic carbocycles. The van der Waals surface area contributed by atoms with Crippen LogP contribution in [0.3, 0.4) is 0 Å². The highest BCUT2D eigenvalue weighted by atomic mass is 19.2. The Morgan fingerprint density at radius 3 is 2.33 bits per heavy atom. The van der Waals surface area contributed by atoms with Crippen molar-refractivity contribution in [2.45, 2.75) is 32.3 Å². The van der Waals surface area contributed by atoms with Crippen molar-refractivity contribution < 1.29 is 33.1 Å². The van der Waals surface area contributed by atoms with Gasteiger partial charge in [0.2, 0.25) is 11.8 Å². The number of nitrogens with one attached hydrogen (secondary N) is 2. The maximum Gasteiger partial charge on any atom is 0.251 e. The number of aliphatic hydroxyl groups is 1. The molecule has 1 aliphatic heterocycles. The van der Waals surface area contributed by atoms with Crippen molar-refractivity contribution in [1.82, 2.24) is 15.7 Å². The minimum Gasteiger partial charge on any atom is -0.396 e. The first kappa shape index (κ1) is 30.8. The van der Waals surface area contributed by atoms with E-state index in [1.54, 1.807) is 4.90 Å². The van der Waals surface area contributed by atoms with Crippen molar-refractivity contribution in [1.29, 1.82) is 0 Å². The third kappa shape index (κ3) is 7.57. The van der Waals surface area contributed by atoms with Gasteiger partial charge in [0.25, 0.3) is 5.91 Å².